The lowest BCUT2D eigenvalue weighted by molar-refractivity contribution is 0.577. The lowest BCUT2D eigenvalue weighted by Crippen LogP contribution is -2.12. The molecule has 0 aromatic rings. The smallest absolute Gasteiger partial charge is 0.271 e. The van der Waals surface area contributed by atoms with E-state index in [9.17, 15) is 4.57 Å². The minimum Gasteiger partial charge on any atom is -0.344 e. The summed E-state index contributed by atoms with van der Waals surface area (Å²) in [5, 5.41) is 0. The van der Waals surface area contributed by atoms with Crippen molar-refractivity contribution in [1.82, 2.24) is 6.15 Å². The fourth-order valence-electron chi connectivity index (χ4n) is 0. The van der Waals surface area contributed by atoms with Crippen LogP contribution in [0, 0.1) is 0 Å². The normalized spacial score (nSPS) is 8.43. The van der Waals surface area contributed by atoms with Crippen LogP contribution in [0.1, 0.15) is 0 Å². The molecule has 0 aromatic heterocycles. The van der Waals surface area contributed by atoms with Gasteiger partial charge in [-0.25, -0.2) is 0 Å². The average molecular weight is 146 g/mol. The van der Waals surface area contributed by atoms with Crippen molar-refractivity contribution in [2.45, 2.75) is 0 Å². The molecule has 7 heavy (non-hydrogen) atoms. The van der Waals surface area contributed by atoms with Gasteiger partial charge in [0.1, 0.15) is 0 Å². The third-order valence-corrected chi connectivity index (χ3v) is 0. The summed E-state index contributed by atoms with van der Waals surface area (Å²) >= 11 is 0. The van der Waals surface area contributed by atoms with Gasteiger partial charge in [-0.15, -0.1) is 0 Å². The molecule has 7 heteroatoms. The number of nitrogens with two attached hydrogens (primary N) is 3. The molecule has 1 unspecified atom stereocenters. The molecule has 0 saturated heterocycles. The first kappa shape index (κ1) is 15.6. The van der Waals surface area contributed by atoms with Gasteiger partial charge in [0.15, 0.2) is 0 Å². The highest BCUT2D eigenvalue weighted by molar-refractivity contribution is 7.56. The minimum absolute atomic E-state index is 0. The van der Waals surface area contributed by atoms with Gasteiger partial charge in [-0.3, -0.25) is 21.1 Å². The highest BCUT2D eigenvalue weighted by atomic mass is 31.2. The third-order valence-electron chi connectivity index (χ3n) is 0. The quantitative estimate of drug-likeness (QED) is 0.332. The zero-order chi connectivity index (χ0) is 4.50. The van der Waals surface area contributed by atoms with Crippen LogP contribution in [0.4, 0.5) is 0 Å². The predicted molar refractivity (Wildman–Crippen MR) is 36.3 cm³/mol. The summed E-state index contributed by atoms with van der Waals surface area (Å²) in [6, 6.07) is 0. The Morgan fingerprint density at radius 1 is 1.14 bits per heavy atom. The van der Waals surface area contributed by atoms with Gasteiger partial charge in [0.25, 0.3) is 7.59 Å². The largest absolute Gasteiger partial charge is 0.344 e. The zero-order valence-corrected chi connectivity index (χ0v) is 6.31. The van der Waals surface area contributed by atoms with E-state index in [-0.39, 0.29) is 16.0 Å². The molecular weight excluding hydrogens is 134 g/mol. The molecule has 9 N–H and O–H groups in total. The molecule has 0 heterocycles. The monoisotopic (exact) mass is 146 g/mol. The lowest BCUT2D eigenvalue weighted by atomic mass is 13.8. The van der Waals surface area contributed by atoms with Gasteiger partial charge in [-0.1, -0.05) is 0 Å². The van der Waals surface area contributed by atoms with Gasteiger partial charge in [0, 0.05) is 0 Å². The van der Waals surface area contributed by atoms with Gasteiger partial charge in [0.2, 0.25) is 0 Å². The van der Waals surface area contributed by atoms with E-state index < -0.39 is 7.59 Å². The third kappa shape index (κ3) is 526. The highest BCUT2D eigenvalue weighted by Gasteiger charge is 1.90. The van der Waals surface area contributed by atoms with E-state index in [0.29, 0.717) is 0 Å². The van der Waals surface area contributed by atoms with Crippen molar-refractivity contribution >= 4 is 17.5 Å². The molecule has 0 spiro atoms. The second-order valence-corrected chi connectivity index (χ2v) is 2.29. The van der Waals surface area contributed by atoms with Gasteiger partial charge < -0.3 is 6.15 Å². The Balaban J connectivity index is -0.0000000800. The van der Waals surface area contributed by atoms with E-state index in [4.69, 9.17) is 0 Å². The second-order valence-electron chi connectivity index (χ2n) is 0.763. The van der Waals surface area contributed by atoms with Crippen LogP contribution in [0.5, 0.6) is 0 Å². The zero-order valence-electron chi connectivity index (χ0n) is 4.00. The standard InChI is InChI=1S/H6N3OP.H3N.H3P/c1-5(2,3)4;;/h(H6,1,2,3,4);2*1H3. The van der Waals surface area contributed by atoms with E-state index in [2.05, 4.69) is 16.5 Å². The molecule has 0 bridgehead atoms. The molecular formula is H12N4OP2. The first-order valence-electron chi connectivity index (χ1n) is 0.957. The van der Waals surface area contributed by atoms with Crippen molar-refractivity contribution in [2.24, 2.45) is 16.5 Å². The van der Waals surface area contributed by atoms with Crippen LogP contribution in [0.3, 0.4) is 0 Å². The van der Waals surface area contributed by atoms with Crippen molar-refractivity contribution in [1.29, 1.82) is 0 Å². The van der Waals surface area contributed by atoms with Crippen molar-refractivity contribution in [3.63, 3.8) is 0 Å². The van der Waals surface area contributed by atoms with E-state index in [1.165, 1.54) is 0 Å². The molecule has 5 nitrogen and oxygen atoms in total. The summed E-state index contributed by atoms with van der Waals surface area (Å²) < 4.78 is 9.55. The average Bonchev–Trinajstić information content (AvgIpc) is 0.722. The first-order chi connectivity index (χ1) is 2.00. The maximum absolute atomic E-state index is 9.55. The molecule has 0 fully saturated rings. The molecule has 0 aromatic carbocycles. The van der Waals surface area contributed by atoms with Crippen LogP contribution in [0.2, 0.25) is 0 Å². The van der Waals surface area contributed by atoms with Crippen LogP contribution in [0.25, 0.3) is 0 Å². The topological polar surface area (TPSA) is 130 Å². The van der Waals surface area contributed by atoms with Crippen molar-refractivity contribution in [3.05, 3.63) is 0 Å². The van der Waals surface area contributed by atoms with Gasteiger partial charge in [-0.2, -0.15) is 9.90 Å². The lowest BCUT2D eigenvalue weighted by Gasteiger charge is -1.88. The minimum atomic E-state index is -3.14. The Bertz CT molecular complexity index is 55.8. The van der Waals surface area contributed by atoms with Crippen molar-refractivity contribution in [3.8, 4) is 0 Å². The molecule has 0 rings (SSSR count). The molecule has 0 aliphatic carbocycles. The van der Waals surface area contributed by atoms with Crippen LogP contribution >= 0.6 is 17.5 Å². The summed E-state index contributed by atoms with van der Waals surface area (Å²) in [6.07, 6.45) is 0. The van der Waals surface area contributed by atoms with Crippen LogP contribution in [-0.4, -0.2) is 0 Å². The summed E-state index contributed by atoms with van der Waals surface area (Å²) in [7, 11) is -3.14. The maximum Gasteiger partial charge on any atom is 0.271 e. The van der Waals surface area contributed by atoms with Crippen LogP contribution < -0.4 is 22.7 Å². The second kappa shape index (κ2) is 4.65. The maximum atomic E-state index is 9.55. The van der Waals surface area contributed by atoms with Gasteiger partial charge in [0.05, 0.1) is 0 Å². The molecule has 0 aliphatic rings. The van der Waals surface area contributed by atoms with Crippen LogP contribution in [0.15, 0.2) is 0 Å². The molecule has 0 saturated carbocycles. The SMILES string of the molecule is N.NP(N)(N)=O.P. The highest BCUT2D eigenvalue weighted by Crippen LogP contribution is 2.06. The van der Waals surface area contributed by atoms with Gasteiger partial charge >= 0.3 is 0 Å². The Morgan fingerprint density at radius 3 is 1.14 bits per heavy atom. The fraction of sp³-hybridized carbons (Fsp3) is 0. The summed E-state index contributed by atoms with van der Waals surface area (Å²) in [5.74, 6) is 0. The van der Waals surface area contributed by atoms with Crippen LogP contribution in [-0.2, 0) is 4.57 Å². The predicted octanol–water partition coefficient (Wildman–Crippen LogP) is -0.809. The fourth-order valence-corrected chi connectivity index (χ4v) is 0. The summed E-state index contributed by atoms with van der Waals surface area (Å²) in [6.45, 7) is 0. The Hall–Kier alpha value is 0.500. The van der Waals surface area contributed by atoms with Gasteiger partial charge in [-0.05, 0) is 0 Å². The molecule has 0 aliphatic heterocycles. The Kier molecular flexibility index (Phi) is 10.4. The van der Waals surface area contributed by atoms with Crippen molar-refractivity contribution < 1.29 is 4.57 Å². The Labute approximate surface area is 45.7 Å². The van der Waals surface area contributed by atoms with E-state index >= 15 is 0 Å². The summed E-state index contributed by atoms with van der Waals surface area (Å²) in [4.78, 5) is 0. The van der Waals surface area contributed by atoms with E-state index in [1.54, 1.807) is 0 Å². The number of rotatable bonds is 0. The molecule has 0 radical (unpaired) electrons. The van der Waals surface area contributed by atoms with E-state index in [0.717, 1.165) is 0 Å². The van der Waals surface area contributed by atoms with Crippen molar-refractivity contribution in [2.75, 3.05) is 0 Å². The summed E-state index contributed by atoms with van der Waals surface area (Å²) in [5.41, 5.74) is 13.4. The Morgan fingerprint density at radius 2 is 1.14 bits per heavy atom. The number of hydrogen-bond donors (Lipinski definition) is 4. The molecule has 48 valence electrons. The van der Waals surface area contributed by atoms with E-state index in [1.807, 2.05) is 0 Å². The first-order valence-corrected chi connectivity index (χ1v) is 2.87. The molecule has 0 amide bonds. The molecule has 1 atom stereocenters. The number of hydrogen-bond acceptors (Lipinski definition) is 2.